The van der Waals surface area contributed by atoms with Gasteiger partial charge in [0.2, 0.25) is 0 Å². The number of carboxylic acid groups (broad SMARTS) is 1. The van der Waals surface area contributed by atoms with Crippen molar-refractivity contribution in [2.75, 3.05) is 18.0 Å². The molecule has 0 unspecified atom stereocenters. The molecule has 2 N–H and O–H groups in total. The lowest BCUT2D eigenvalue weighted by Gasteiger charge is -2.31. The van der Waals surface area contributed by atoms with E-state index in [9.17, 15) is 9.90 Å². The summed E-state index contributed by atoms with van der Waals surface area (Å²) in [6.45, 7) is 1.72. The van der Waals surface area contributed by atoms with Gasteiger partial charge in [-0.15, -0.1) is 0 Å². The highest BCUT2D eigenvalue weighted by molar-refractivity contribution is 5.70. The summed E-state index contributed by atoms with van der Waals surface area (Å²) in [5, 5.41) is 18.1. The number of aliphatic hydroxyl groups excluding tert-OH is 1. The van der Waals surface area contributed by atoms with Crippen molar-refractivity contribution in [2.45, 2.75) is 25.4 Å². The molecule has 1 aromatic carbocycles. The Kier molecular flexibility index (Phi) is 3.64. The van der Waals surface area contributed by atoms with Gasteiger partial charge in [0.15, 0.2) is 0 Å². The quantitative estimate of drug-likeness (QED) is 0.828. The number of hydrogen-bond donors (Lipinski definition) is 2. The highest BCUT2D eigenvalue weighted by atomic mass is 16.4. The lowest BCUT2D eigenvalue weighted by atomic mass is 10.1. The van der Waals surface area contributed by atoms with E-state index in [2.05, 4.69) is 4.90 Å². The molecule has 0 spiro atoms. The van der Waals surface area contributed by atoms with Gasteiger partial charge in [-0.3, -0.25) is 4.79 Å². The van der Waals surface area contributed by atoms with Crippen molar-refractivity contribution in [3.8, 4) is 0 Å². The van der Waals surface area contributed by atoms with Crippen molar-refractivity contribution in [2.24, 2.45) is 0 Å². The minimum Gasteiger partial charge on any atom is -0.481 e. The number of carboxylic acids is 1. The zero-order chi connectivity index (χ0) is 12.3. The van der Waals surface area contributed by atoms with Gasteiger partial charge in [-0.25, -0.2) is 0 Å². The zero-order valence-electron chi connectivity index (χ0n) is 9.67. The summed E-state index contributed by atoms with van der Waals surface area (Å²) in [4.78, 5) is 12.8. The van der Waals surface area contributed by atoms with Crippen molar-refractivity contribution in [3.05, 3.63) is 29.8 Å². The molecule has 1 fully saturated rings. The number of carbonyl (C=O) groups is 1. The fraction of sp³-hybridized carbons (Fsp3) is 0.462. The number of piperidine rings is 1. The predicted octanol–water partition coefficient (Wildman–Crippen LogP) is 1.27. The Morgan fingerprint density at radius 1 is 1.24 bits per heavy atom. The second kappa shape index (κ2) is 5.19. The summed E-state index contributed by atoms with van der Waals surface area (Å²) in [7, 11) is 0. The molecular weight excluding hydrogens is 218 g/mol. The van der Waals surface area contributed by atoms with Crippen LogP contribution < -0.4 is 4.90 Å². The van der Waals surface area contributed by atoms with E-state index in [-0.39, 0.29) is 12.5 Å². The van der Waals surface area contributed by atoms with E-state index in [1.165, 1.54) is 0 Å². The molecule has 1 saturated heterocycles. The van der Waals surface area contributed by atoms with Gasteiger partial charge in [0.25, 0.3) is 0 Å². The third kappa shape index (κ3) is 3.20. The van der Waals surface area contributed by atoms with Crippen LogP contribution in [0.25, 0.3) is 0 Å². The van der Waals surface area contributed by atoms with Crippen LogP contribution in [0.1, 0.15) is 18.4 Å². The Hall–Kier alpha value is -1.55. The Morgan fingerprint density at radius 2 is 1.82 bits per heavy atom. The minimum atomic E-state index is -0.807. The molecule has 4 heteroatoms. The molecule has 1 aliphatic rings. The lowest BCUT2D eigenvalue weighted by Crippen LogP contribution is -2.35. The number of anilines is 1. The van der Waals surface area contributed by atoms with Gasteiger partial charge >= 0.3 is 5.97 Å². The summed E-state index contributed by atoms with van der Waals surface area (Å²) < 4.78 is 0. The molecule has 1 aliphatic heterocycles. The molecule has 2 rings (SSSR count). The predicted molar refractivity (Wildman–Crippen MR) is 65.2 cm³/mol. The number of hydrogen-bond acceptors (Lipinski definition) is 3. The van der Waals surface area contributed by atoms with Crippen LogP contribution in [0.3, 0.4) is 0 Å². The van der Waals surface area contributed by atoms with Crippen LogP contribution in [0.4, 0.5) is 5.69 Å². The van der Waals surface area contributed by atoms with Gasteiger partial charge < -0.3 is 15.1 Å². The van der Waals surface area contributed by atoms with Crippen LogP contribution in [0, 0.1) is 0 Å². The SMILES string of the molecule is O=C(O)Cc1ccc(N2CCC(O)CC2)cc1. The summed E-state index contributed by atoms with van der Waals surface area (Å²) in [5.41, 5.74) is 1.92. The first kappa shape index (κ1) is 11.9. The van der Waals surface area contributed by atoms with E-state index >= 15 is 0 Å². The maximum absolute atomic E-state index is 10.6. The van der Waals surface area contributed by atoms with Gasteiger partial charge in [0.05, 0.1) is 12.5 Å². The van der Waals surface area contributed by atoms with E-state index < -0.39 is 5.97 Å². The first-order chi connectivity index (χ1) is 8.15. The van der Waals surface area contributed by atoms with Crippen LogP contribution in [-0.4, -0.2) is 35.4 Å². The Morgan fingerprint density at radius 3 is 2.35 bits per heavy atom. The summed E-state index contributed by atoms with van der Waals surface area (Å²) in [5.74, 6) is -0.807. The summed E-state index contributed by atoms with van der Waals surface area (Å²) in [6, 6.07) is 7.62. The minimum absolute atomic E-state index is 0.0684. The van der Waals surface area contributed by atoms with E-state index in [1.54, 1.807) is 0 Å². The van der Waals surface area contributed by atoms with Crippen molar-refractivity contribution in [1.82, 2.24) is 0 Å². The first-order valence-electron chi connectivity index (χ1n) is 5.89. The number of aliphatic hydroxyl groups is 1. The second-order valence-corrected chi connectivity index (χ2v) is 4.46. The van der Waals surface area contributed by atoms with Crippen molar-refractivity contribution >= 4 is 11.7 Å². The highest BCUT2D eigenvalue weighted by Crippen LogP contribution is 2.20. The zero-order valence-corrected chi connectivity index (χ0v) is 9.67. The number of aliphatic carboxylic acids is 1. The maximum atomic E-state index is 10.6. The molecule has 0 aliphatic carbocycles. The molecule has 1 heterocycles. The number of nitrogens with zero attached hydrogens (tertiary/aromatic N) is 1. The van der Waals surface area contributed by atoms with E-state index in [1.807, 2.05) is 24.3 Å². The molecular formula is C13H17NO3. The molecule has 0 amide bonds. The second-order valence-electron chi connectivity index (χ2n) is 4.46. The molecule has 0 bridgehead atoms. The Labute approximate surface area is 100 Å². The molecule has 0 radical (unpaired) electrons. The molecule has 0 aromatic heterocycles. The van der Waals surface area contributed by atoms with Gasteiger partial charge in [0, 0.05) is 18.8 Å². The fourth-order valence-corrected chi connectivity index (χ4v) is 2.12. The van der Waals surface area contributed by atoms with Gasteiger partial charge in [0.1, 0.15) is 0 Å². The Bertz CT molecular complexity index is 380. The van der Waals surface area contributed by atoms with Crippen molar-refractivity contribution < 1.29 is 15.0 Å². The normalized spacial score (nSPS) is 17.1. The van der Waals surface area contributed by atoms with Crippen LogP contribution >= 0.6 is 0 Å². The fourth-order valence-electron chi connectivity index (χ4n) is 2.12. The van der Waals surface area contributed by atoms with Gasteiger partial charge in [-0.05, 0) is 30.5 Å². The smallest absolute Gasteiger partial charge is 0.307 e. The maximum Gasteiger partial charge on any atom is 0.307 e. The lowest BCUT2D eigenvalue weighted by molar-refractivity contribution is -0.136. The van der Waals surface area contributed by atoms with Gasteiger partial charge in [-0.1, -0.05) is 12.1 Å². The van der Waals surface area contributed by atoms with Crippen LogP contribution in [0.5, 0.6) is 0 Å². The number of benzene rings is 1. The number of rotatable bonds is 3. The third-order valence-corrected chi connectivity index (χ3v) is 3.12. The molecule has 0 atom stereocenters. The molecule has 92 valence electrons. The monoisotopic (exact) mass is 235 g/mol. The molecule has 1 aromatic rings. The van der Waals surface area contributed by atoms with E-state index in [4.69, 9.17) is 5.11 Å². The van der Waals surface area contributed by atoms with Crippen LogP contribution in [0.2, 0.25) is 0 Å². The summed E-state index contributed by atoms with van der Waals surface area (Å²) in [6.07, 6.45) is 1.50. The highest BCUT2D eigenvalue weighted by Gasteiger charge is 2.16. The molecule has 0 saturated carbocycles. The van der Waals surface area contributed by atoms with Gasteiger partial charge in [-0.2, -0.15) is 0 Å². The average Bonchev–Trinajstić information content (AvgIpc) is 2.30. The topological polar surface area (TPSA) is 60.8 Å². The average molecular weight is 235 g/mol. The third-order valence-electron chi connectivity index (χ3n) is 3.12. The van der Waals surface area contributed by atoms with Crippen molar-refractivity contribution in [3.63, 3.8) is 0 Å². The molecule has 4 nitrogen and oxygen atoms in total. The van der Waals surface area contributed by atoms with E-state index in [0.717, 1.165) is 37.2 Å². The Balaban J connectivity index is 2.00. The van der Waals surface area contributed by atoms with E-state index in [0.29, 0.717) is 0 Å². The first-order valence-corrected chi connectivity index (χ1v) is 5.89. The standard InChI is InChI=1S/C13H17NO3/c15-12-5-7-14(8-6-12)11-3-1-10(2-4-11)9-13(16)17/h1-4,12,15H,5-9H2,(H,16,17). The van der Waals surface area contributed by atoms with Crippen LogP contribution in [-0.2, 0) is 11.2 Å². The largest absolute Gasteiger partial charge is 0.481 e. The summed E-state index contributed by atoms with van der Waals surface area (Å²) >= 11 is 0. The van der Waals surface area contributed by atoms with Crippen molar-refractivity contribution in [1.29, 1.82) is 0 Å². The molecule has 17 heavy (non-hydrogen) atoms. The van der Waals surface area contributed by atoms with Crippen LogP contribution in [0.15, 0.2) is 24.3 Å².